The Hall–Kier alpha value is -2.18. The van der Waals surface area contributed by atoms with Crippen LogP contribution in [0.3, 0.4) is 0 Å². The van der Waals surface area contributed by atoms with Crippen LogP contribution in [-0.2, 0) is 19.5 Å². The summed E-state index contributed by atoms with van der Waals surface area (Å²) in [7, 11) is 2.17. The minimum absolute atomic E-state index is 0.702. The maximum absolute atomic E-state index is 5.62. The average molecular weight is 367 g/mol. The Labute approximate surface area is 161 Å². The predicted molar refractivity (Wildman–Crippen MR) is 107 cm³/mol. The lowest BCUT2D eigenvalue weighted by atomic mass is 10.1. The van der Waals surface area contributed by atoms with Gasteiger partial charge in [-0.1, -0.05) is 12.1 Å². The van der Waals surface area contributed by atoms with E-state index in [1.165, 1.54) is 16.8 Å². The lowest BCUT2D eigenvalue weighted by Gasteiger charge is -2.33. The number of hydrogen-bond donors (Lipinski definition) is 0. The van der Waals surface area contributed by atoms with Crippen molar-refractivity contribution in [2.24, 2.45) is 0 Å². The van der Waals surface area contributed by atoms with E-state index in [1.807, 2.05) is 19.2 Å². The number of benzene rings is 1. The summed E-state index contributed by atoms with van der Waals surface area (Å²) in [5.74, 6) is 1.85. The number of hydrogen-bond acceptors (Lipinski definition) is 6. The molecule has 2 aromatic rings. The number of nitrogens with zero attached hydrogens (tertiary/aromatic N) is 5. The maximum Gasteiger partial charge on any atom is 0.225 e. The topological polar surface area (TPSA) is 44.7 Å². The van der Waals surface area contributed by atoms with Crippen LogP contribution in [-0.4, -0.2) is 66.1 Å². The molecule has 1 aromatic carbocycles. The fourth-order valence-corrected chi connectivity index (χ4v) is 3.82. The van der Waals surface area contributed by atoms with Gasteiger partial charge < -0.3 is 14.5 Å². The molecule has 0 N–H and O–H groups in total. The normalized spacial score (nSPS) is 18.4. The van der Waals surface area contributed by atoms with Gasteiger partial charge in [-0.2, -0.15) is 0 Å². The Morgan fingerprint density at radius 2 is 1.96 bits per heavy atom. The molecule has 6 nitrogen and oxygen atoms in total. The molecule has 0 bridgehead atoms. The van der Waals surface area contributed by atoms with Gasteiger partial charge in [-0.05, 0) is 31.7 Å². The summed E-state index contributed by atoms with van der Waals surface area (Å²) < 4.78 is 5.62. The Kier molecular flexibility index (Phi) is 5.55. The highest BCUT2D eigenvalue weighted by atomic mass is 16.5. The van der Waals surface area contributed by atoms with Crippen LogP contribution in [0.1, 0.15) is 23.7 Å². The molecule has 6 heteroatoms. The van der Waals surface area contributed by atoms with Crippen LogP contribution in [0.15, 0.2) is 30.5 Å². The number of fused-ring (bicyclic) bond motifs is 1. The fourth-order valence-electron chi connectivity index (χ4n) is 3.82. The summed E-state index contributed by atoms with van der Waals surface area (Å²) in [5, 5.41) is 0. The number of rotatable bonds is 5. The Balaban J connectivity index is 1.41. The minimum Gasteiger partial charge on any atom is -0.494 e. The van der Waals surface area contributed by atoms with Crippen molar-refractivity contribution in [2.75, 3.05) is 51.3 Å². The van der Waals surface area contributed by atoms with Crippen LogP contribution >= 0.6 is 0 Å². The van der Waals surface area contributed by atoms with Crippen LogP contribution < -0.4 is 9.64 Å². The molecule has 1 fully saturated rings. The molecule has 2 aliphatic rings. The van der Waals surface area contributed by atoms with Crippen molar-refractivity contribution in [3.63, 3.8) is 0 Å². The Morgan fingerprint density at radius 1 is 1.11 bits per heavy atom. The van der Waals surface area contributed by atoms with E-state index >= 15 is 0 Å². The van der Waals surface area contributed by atoms with Crippen molar-refractivity contribution in [1.29, 1.82) is 0 Å². The highest BCUT2D eigenvalue weighted by molar-refractivity contribution is 5.35. The van der Waals surface area contributed by atoms with E-state index < -0.39 is 0 Å². The lowest BCUT2D eigenvalue weighted by molar-refractivity contribution is 0.242. The second kappa shape index (κ2) is 8.23. The number of anilines is 1. The standard InChI is InChI=1S/C21H29N5O/c1-3-27-19-6-4-5-17(13-19)15-25-8-7-20-18(16-25)14-22-21(23-20)26-11-9-24(2)10-12-26/h4-6,13-14H,3,7-12,15-16H2,1-2H3. The Bertz CT molecular complexity index is 773. The molecule has 0 unspecified atom stereocenters. The molecule has 27 heavy (non-hydrogen) atoms. The third-order valence-corrected chi connectivity index (χ3v) is 5.40. The van der Waals surface area contributed by atoms with Gasteiger partial charge in [0, 0.05) is 64.0 Å². The maximum atomic E-state index is 5.62. The van der Waals surface area contributed by atoms with E-state index in [0.717, 1.165) is 63.9 Å². The molecule has 3 heterocycles. The Morgan fingerprint density at radius 3 is 2.78 bits per heavy atom. The van der Waals surface area contributed by atoms with Gasteiger partial charge in [0.15, 0.2) is 0 Å². The first-order chi connectivity index (χ1) is 13.2. The highest BCUT2D eigenvalue weighted by Gasteiger charge is 2.21. The van der Waals surface area contributed by atoms with Crippen LogP contribution in [0.5, 0.6) is 5.75 Å². The van der Waals surface area contributed by atoms with Gasteiger partial charge in [-0.25, -0.2) is 9.97 Å². The number of likely N-dealkylation sites (N-methyl/N-ethyl adjacent to an activating group) is 1. The number of aromatic nitrogens is 2. The van der Waals surface area contributed by atoms with Crippen LogP contribution in [0.25, 0.3) is 0 Å². The van der Waals surface area contributed by atoms with E-state index in [4.69, 9.17) is 9.72 Å². The molecule has 0 atom stereocenters. The fraction of sp³-hybridized carbons (Fsp3) is 0.524. The molecule has 4 rings (SSSR count). The van der Waals surface area contributed by atoms with Gasteiger partial charge in [-0.3, -0.25) is 4.90 Å². The van der Waals surface area contributed by atoms with Crippen molar-refractivity contribution in [2.45, 2.75) is 26.4 Å². The highest BCUT2D eigenvalue weighted by Crippen LogP contribution is 2.22. The second-order valence-electron chi connectivity index (χ2n) is 7.47. The number of ether oxygens (including phenoxy) is 1. The summed E-state index contributed by atoms with van der Waals surface area (Å²) in [6, 6.07) is 8.41. The van der Waals surface area contributed by atoms with E-state index in [9.17, 15) is 0 Å². The first-order valence-corrected chi connectivity index (χ1v) is 9.93. The molecule has 0 radical (unpaired) electrons. The second-order valence-corrected chi connectivity index (χ2v) is 7.47. The van der Waals surface area contributed by atoms with E-state index in [1.54, 1.807) is 0 Å². The lowest BCUT2D eigenvalue weighted by Crippen LogP contribution is -2.45. The van der Waals surface area contributed by atoms with Gasteiger partial charge in [0.05, 0.1) is 12.3 Å². The largest absolute Gasteiger partial charge is 0.494 e. The third kappa shape index (κ3) is 4.39. The first-order valence-electron chi connectivity index (χ1n) is 9.93. The summed E-state index contributed by atoms with van der Waals surface area (Å²) >= 11 is 0. The molecule has 0 aliphatic carbocycles. The molecule has 0 amide bonds. The molecule has 1 aromatic heterocycles. The van der Waals surface area contributed by atoms with E-state index in [0.29, 0.717) is 6.61 Å². The van der Waals surface area contributed by atoms with Crippen molar-refractivity contribution < 1.29 is 4.74 Å². The number of piperazine rings is 1. The summed E-state index contributed by atoms with van der Waals surface area (Å²) in [4.78, 5) is 16.7. The molecular formula is C21H29N5O. The van der Waals surface area contributed by atoms with E-state index in [2.05, 4.69) is 44.9 Å². The van der Waals surface area contributed by atoms with Gasteiger partial charge >= 0.3 is 0 Å². The zero-order valence-corrected chi connectivity index (χ0v) is 16.4. The van der Waals surface area contributed by atoms with Crippen molar-refractivity contribution in [1.82, 2.24) is 19.8 Å². The predicted octanol–water partition coefficient (Wildman–Crippen LogP) is 2.19. The monoisotopic (exact) mass is 367 g/mol. The first kappa shape index (κ1) is 18.2. The summed E-state index contributed by atoms with van der Waals surface area (Å²) in [6.45, 7) is 9.78. The van der Waals surface area contributed by atoms with Crippen molar-refractivity contribution in [3.8, 4) is 5.75 Å². The minimum atomic E-state index is 0.702. The molecular weight excluding hydrogens is 338 g/mol. The molecule has 1 saturated heterocycles. The van der Waals surface area contributed by atoms with Crippen LogP contribution in [0.4, 0.5) is 5.95 Å². The molecule has 144 valence electrons. The average Bonchev–Trinajstić information content (AvgIpc) is 2.69. The zero-order chi connectivity index (χ0) is 18.6. The molecule has 2 aliphatic heterocycles. The smallest absolute Gasteiger partial charge is 0.225 e. The van der Waals surface area contributed by atoms with Gasteiger partial charge in [0.2, 0.25) is 5.95 Å². The summed E-state index contributed by atoms with van der Waals surface area (Å²) in [6.07, 6.45) is 3.03. The van der Waals surface area contributed by atoms with Gasteiger partial charge in [0.25, 0.3) is 0 Å². The van der Waals surface area contributed by atoms with E-state index in [-0.39, 0.29) is 0 Å². The van der Waals surface area contributed by atoms with Gasteiger partial charge in [0.1, 0.15) is 5.75 Å². The SMILES string of the molecule is CCOc1cccc(CN2CCc3nc(N4CCN(C)CC4)ncc3C2)c1. The van der Waals surface area contributed by atoms with Crippen molar-refractivity contribution >= 4 is 5.95 Å². The van der Waals surface area contributed by atoms with Crippen molar-refractivity contribution in [3.05, 3.63) is 47.3 Å². The molecule has 0 saturated carbocycles. The quantitative estimate of drug-likeness (QED) is 0.807. The zero-order valence-electron chi connectivity index (χ0n) is 16.4. The molecule has 0 spiro atoms. The van der Waals surface area contributed by atoms with Gasteiger partial charge in [-0.15, -0.1) is 0 Å². The third-order valence-electron chi connectivity index (χ3n) is 5.40. The van der Waals surface area contributed by atoms with Crippen LogP contribution in [0.2, 0.25) is 0 Å². The summed E-state index contributed by atoms with van der Waals surface area (Å²) in [5.41, 5.74) is 3.78. The van der Waals surface area contributed by atoms with Crippen LogP contribution in [0, 0.1) is 0 Å².